The van der Waals surface area contributed by atoms with Crippen LogP contribution in [0.3, 0.4) is 0 Å². The molecule has 2 heterocycles. The molecule has 5 nitrogen and oxygen atoms in total. The molecule has 2 N–H and O–H groups in total. The van der Waals surface area contributed by atoms with Gasteiger partial charge >= 0.3 is 0 Å². The van der Waals surface area contributed by atoms with E-state index in [1.165, 1.54) is 0 Å². The van der Waals surface area contributed by atoms with Gasteiger partial charge in [0.15, 0.2) is 0 Å². The zero-order chi connectivity index (χ0) is 13.8. The zero-order valence-electron chi connectivity index (χ0n) is 10.8. The molecule has 0 spiro atoms. The van der Waals surface area contributed by atoms with E-state index in [2.05, 4.69) is 20.5 Å². The average molecular weight is 266 g/mol. The third-order valence-electron chi connectivity index (χ3n) is 3.04. The van der Waals surface area contributed by atoms with Gasteiger partial charge in [-0.05, 0) is 18.6 Å². The van der Waals surface area contributed by atoms with Gasteiger partial charge in [-0.3, -0.25) is 14.9 Å². The van der Waals surface area contributed by atoms with Crippen LogP contribution in [-0.2, 0) is 11.2 Å². The summed E-state index contributed by atoms with van der Waals surface area (Å²) in [6, 6.07) is 13.7. The summed E-state index contributed by atoms with van der Waals surface area (Å²) in [4.78, 5) is 16.3. The molecular formula is C15H14N4O. The Balaban J connectivity index is 1.63. The van der Waals surface area contributed by atoms with Crippen molar-refractivity contribution in [3.63, 3.8) is 0 Å². The van der Waals surface area contributed by atoms with Gasteiger partial charge in [-0.2, -0.15) is 5.10 Å². The number of pyridine rings is 1. The number of hydrogen-bond donors (Lipinski definition) is 2. The summed E-state index contributed by atoms with van der Waals surface area (Å²) in [5.41, 5.74) is 1.88. The summed E-state index contributed by atoms with van der Waals surface area (Å²) in [6.07, 6.45) is 2.61. The first-order valence-electron chi connectivity index (χ1n) is 6.45. The number of nitrogens with one attached hydrogen (secondary N) is 2. The Morgan fingerprint density at radius 1 is 1.15 bits per heavy atom. The highest BCUT2D eigenvalue weighted by Crippen LogP contribution is 2.13. The van der Waals surface area contributed by atoms with Gasteiger partial charge in [0.2, 0.25) is 5.91 Å². The minimum atomic E-state index is -0.0517. The first-order valence-corrected chi connectivity index (χ1v) is 6.45. The van der Waals surface area contributed by atoms with E-state index in [0.29, 0.717) is 18.7 Å². The van der Waals surface area contributed by atoms with Gasteiger partial charge in [0.25, 0.3) is 0 Å². The third-order valence-corrected chi connectivity index (χ3v) is 3.04. The molecule has 0 saturated heterocycles. The average Bonchev–Trinajstić information content (AvgIpc) is 2.98. The summed E-state index contributed by atoms with van der Waals surface area (Å²) in [5, 5.41) is 10.3. The summed E-state index contributed by atoms with van der Waals surface area (Å²) in [6.45, 7) is 0. The molecule has 0 radical (unpaired) electrons. The molecule has 20 heavy (non-hydrogen) atoms. The molecule has 1 aromatic carbocycles. The number of aromatic amines is 1. The van der Waals surface area contributed by atoms with Crippen LogP contribution in [0.15, 0.2) is 48.7 Å². The molecule has 0 unspecified atom stereocenters. The second-order valence-electron chi connectivity index (χ2n) is 4.51. The lowest BCUT2D eigenvalue weighted by Gasteiger charge is -2.04. The molecule has 0 bridgehead atoms. The number of amides is 1. The quantitative estimate of drug-likeness (QED) is 0.762. The van der Waals surface area contributed by atoms with E-state index in [0.717, 1.165) is 16.6 Å². The molecule has 2 aromatic heterocycles. The van der Waals surface area contributed by atoms with Crippen LogP contribution in [0.2, 0.25) is 0 Å². The van der Waals surface area contributed by atoms with Crippen LogP contribution in [0.5, 0.6) is 0 Å². The molecule has 100 valence electrons. The van der Waals surface area contributed by atoms with E-state index in [1.807, 2.05) is 36.4 Å². The number of carbonyl (C=O) groups excluding carboxylic acids is 1. The van der Waals surface area contributed by atoms with Crippen molar-refractivity contribution in [1.29, 1.82) is 0 Å². The van der Waals surface area contributed by atoms with Crippen LogP contribution in [0.1, 0.15) is 12.1 Å². The lowest BCUT2D eigenvalue weighted by Crippen LogP contribution is -2.12. The SMILES string of the molecule is O=C(CCc1ccc2ccccc2n1)Nc1ccn[nH]1. The van der Waals surface area contributed by atoms with Crippen LogP contribution in [0, 0.1) is 0 Å². The van der Waals surface area contributed by atoms with E-state index in [9.17, 15) is 4.79 Å². The van der Waals surface area contributed by atoms with Crippen molar-refractivity contribution in [3.05, 3.63) is 54.4 Å². The predicted octanol–water partition coefficient (Wildman–Crippen LogP) is 2.53. The molecule has 0 atom stereocenters. The number of hydrogen-bond acceptors (Lipinski definition) is 3. The van der Waals surface area contributed by atoms with Gasteiger partial charge in [-0.1, -0.05) is 24.3 Å². The van der Waals surface area contributed by atoms with Crippen molar-refractivity contribution < 1.29 is 4.79 Å². The lowest BCUT2D eigenvalue weighted by atomic mass is 10.1. The fourth-order valence-electron chi connectivity index (χ4n) is 2.03. The fraction of sp³-hybridized carbons (Fsp3) is 0.133. The molecule has 0 saturated carbocycles. The Kier molecular flexibility index (Phi) is 3.41. The van der Waals surface area contributed by atoms with Gasteiger partial charge in [0.1, 0.15) is 5.82 Å². The van der Waals surface area contributed by atoms with E-state index in [1.54, 1.807) is 12.3 Å². The normalized spacial score (nSPS) is 10.6. The van der Waals surface area contributed by atoms with Gasteiger partial charge in [-0.15, -0.1) is 0 Å². The summed E-state index contributed by atoms with van der Waals surface area (Å²) in [5.74, 6) is 0.561. The Hall–Kier alpha value is -2.69. The van der Waals surface area contributed by atoms with Crippen LogP contribution in [0.4, 0.5) is 5.82 Å². The standard InChI is InChI=1S/C15H14N4O/c20-15(18-14-9-10-16-19-14)8-7-12-6-5-11-3-1-2-4-13(11)17-12/h1-6,9-10H,7-8H2,(H2,16,18,19,20). The first kappa shape index (κ1) is 12.3. The number of anilines is 1. The van der Waals surface area contributed by atoms with Gasteiger partial charge in [0.05, 0.1) is 11.7 Å². The Morgan fingerprint density at radius 2 is 2.05 bits per heavy atom. The Bertz CT molecular complexity index is 722. The lowest BCUT2D eigenvalue weighted by molar-refractivity contribution is -0.116. The molecule has 3 rings (SSSR count). The molecule has 3 aromatic rings. The molecule has 0 aliphatic heterocycles. The van der Waals surface area contributed by atoms with Crippen molar-refractivity contribution in [2.24, 2.45) is 0 Å². The van der Waals surface area contributed by atoms with Crippen molar-refractivity contribution >= 4 is 22.6 Å². The molecule has 0 aliphatic carbocycles. The minimum absolute atomic E-state index is 0.0517. The number of aromatic nitrogens is 3. The van der Waals surface area contributed by atoms with Crippen LogP contribution in [0.25, 0.3) is 10.9 Å². The summed E-state index contributed by atoms with van der Waals surface area (Å²) in [7, 11) is 0. The number of rotatable bonds is 4. The number of nitrogens with zero attached hydrogens (tertiary/aromatic N) is 2. The number of benzene rings is 1. The Morgan fingerprint density at radius 3 is 2.90 bits per heavy atom. The highest BCUT2D eigenvalue weighted by atomic mass is 16.1. The van der Waals surface area contributed by atoms with Crippen LogP contribution in [-0.4, -0.2) is 21.1 Å². The maximum Gasteiger partial charge on any atom is 0.225 e. The number of fused-ring (bicyclic) bond motifs is 1. The van der Waals surface area contributed by atoms with Gasteiger partial charge < -0.3 is 5.32 Å². The molecule has 1 amide bonds. The number of aryl methyl sites for hydroxylation is 1. The molecule has 5 heteroatoms. The van der Waals surface area contributed by atoms with Gasteiger partial charge in [-0.25, -0.2) is 0 Å². The minimum Gasteiger partial charge on any atom is -0.311 e. The Labute approximate surface area is 116 Å². The van der Waals surface area contributed by atoms with Crippen LogP contribution < -0.4 is 5.32 Å². The van der Waals surface area contributed by atoms with Crippen LogP contribution >= 0.6 is 0 Å². The number of H-pyrrole nitrogens is 1. The topological polar surface area (TPSA) is 70.7 Å². The molecular weight excluding hydrogens is 252 g/mol. The van der Waals surface area contributed by atoms with E-state index in [-0.39, 0.29) is 5.91 Å². The highest BCUT2D eigenvalue weighted by molar-refractivity contribution is 5.89. The van der Waals surface area contributed by atoms with E-state index in [4.69, 9.17) is 0 Å². The largest absolute Gasteiger partial charge is 0.311 e. The zero-order valence-corrected chi connectivity index (χ0v) is 10.8. The summed E-state index contributed by atoms with van der Waals surface area (Å²) >= 11 is 0. The van der Waals surface area contributed by atoms with Gasteiger partial charge in [0, 0.05) is 23.6 Å². The summed E-state index contributed by atoms with van der Waals surface area (Å²) < 4.78 is 0. The monoisotopic (exact) mass is 266 g/mol. The van der Waals surface area contributed by atoms with Crippen molar-refractivity contribution in [2.45, 2.75) is 12.8 Å². The van der Waals surface area contributed by atoms with E-state index < -0.39 is 0 Å². The third kappa shape index (κ3) is 2.83. The van der Waals surface area contributed by atoms with Crippen molar-refractivity contribution in [1.82, 2.24) is 15.2 Å². The number of para-hydroxylation sites is 1. The number of carbonyl (C=O) groups is 1. The van der Waals surface area contributed by atoms with E-state index >= 15 is 0 Å². The maximum atomic E-state index is 11.8. The predicted molar refractivity (Wildman–Crippen MR) is 77.3 cm³/mol. The molecule has 0 aliphatic rings. The maximum absolute atomic E-state index is 11.8. The second-order valence-corrected chi connectivity index (χ2v) is 4.51. The fourth-order valence-corrected chi connectivity index (χ4v) is 2.03. The van der Waals surface area contributed by atoms with Crippen molar-refractivity contribution in [2.75, 3.05) is 5.32 Å². The second kappa shape index (κ2) is 5.52. The highest BCUT2D eigenvalue weighted by Gasteiger charge is 2.05. The van der Waals surface area contributed by atoms with Crippen molar-refractivity contribution in [3.8, 4) is 0 Å². The molecule has 0 fully saturated rings. The smallest absolute Gasteiger partial charge is 0.225 e. The first-order chi connectivity index (χ1) is 9.81.